The van der Waals surface area contributed by atoms with Crippen molar-refractivity contribution in [2.45, 2.75) is 58.3 Å². The van der Waals surface area contributed by atoms with E-state index in [9.17, 15) is 4.79 Å². The van der Waals surface area contributed by atoms with E-state index in [0.717, 1.165) is 30.7 Å². The second-order valence-corrected chi connectivity index (χ2v) is 5.73. The zero-order chi connectivity index (χ0) is 14.5. The molecule has 2 N–H and O–H groups in total. The van der Waals surface area contributed by atoms with Gasteiger partial charge in [0.15, 0.2) is 6.10 Å². The first-order valence-corrected chi connectivity index (χ1v) is 7.34. The van der Waals surface area contributed by atoms with Crippen LogP contribution in [0.2, 0.25) is 0 Å². The van der Waals surface area contributed by atoms with Crippen LogP contribution in [0.25, 0.3) is 0 Å². The summed E-state index contributed by atoms with van der Waals surface area (Å²) in [6.07, 6.45) is 1.73. The maximum absolute atomic E-state index is 11.8. The fourth-order valence-corrected chi connectivity index (χ4v) is 1.85. The van der Waals surface area contributed by atoms with E-state index >= 15 is 0 Å². The maximum atomic E-state index is 11.8. The molecule has 1 aliphatic carbocycles. The number of ether oxygens (including phenoxy) is 1. The van der Waals surface area contributed by atoms with Crippen LogP contribution in [-0.4, -0.2) is 24.1 Å². The molecule has 1 aliphatic rings. The molecule has 1 saturated carbocycles. The topological polar surface area (TPSA) is 50.4 Å². The van der Waals surface area contributed by atoms with Crippen molar-refractivity contribution < 1.29 is 9.53 Å². The molecule has 1 fully saturated rings. The SMILES string of the molecule is CC(C)NCc1cccc(OC(C)C(=O)NC2CC2)c1. The second kappa shape index (κ2) is 6.75. The molecule has 0 bridgehead atoms. The number of carbonyl (C=O) groups excluding carboxylic acids is 1. The van der Waals surface area contributed by atoms with Crippen molar-refractivity contribution in [2.75, 3.05) is 0 Å². The minimum absolute atomic E-state index is 0.0294. The first-order chi connectivity index (χ1) is 9.54. The predicted molar refractivity (Wildman–Crippen MR) is 79.7 cm³/mol. The van der Waals surface area contributed by atoms with Gasteiger partial charge in [0, 0.05) is 18.6 Å². The van der Waals surface area contributed by atoms with Gasteiger partial charge in [0.1, 0.15) is 5.75 Å². The molecule has 20 heavy (non-hydrogen) atoms. The average Bonchev–Trinajstić information content (AvgIpc) is 3.20. The summed E-state index contributed by atoms with van der Waals surface area (Å²) < 4.78 is 5.71. The molecular weight excluding hydrogens is 252 g/mol. The first kappa shape index (κ1) is 14.9. The van der Waals surface area contributed by atoms with Crippen LogP contribution in [0.1, 0.15) is 39.2 Å². The van der Waals surface area contributed by atoms with E-state index in [-0.39, 0.29) is 5.91 Å². The van der Waals surface area contributed by atoms with E-state index < -0.39 is 6.10 Å². The van der Waals surface area contributed by atoms with Gasteiger partial charge in [-0.05, 0) is 37.5 Å². The molecule has 1 aromatic rings. The average molecular weight is 276 g/mol. The molecule has 0 aromatic heterocycles. The van der Waals surface area contributed by atoms with Crippen LogP contribution < -0.4 is 15.4 Å². The Kier molecular flexibility index (Phi) is 5.01. The highest BCUT2D eigenvalue weighted by atomic mass is 16.5. The Morgan fingerprint density at radius 3 is 2.75 bits per heavy atom. The summed E-state index contributed by atoms with van der Waals surface area (Å²) in [7, 11) is 0. The normalized spacial score (nSPS) is 16.0. The van der Waals surface area contributed by atoms with Gasteiger partial charge in [-0.1, -0.05) is 26.0 Å². The summed E-state index contributed by atoms with van der Waals surface area (Å²) in [5.41, 5.74) is 1.16. The molecule has 2 rings (SSSR count). The Hall–Kier alpha value is -1.55. The number of amides is 1. The van der Waals surface area contributed by atoms with Crippen LogP contribution in [0.15, 0.2) is 24.3 Å². The Balaban J connectivity index is 1.87. The van der Waals surface area contributed by atoms with Gasteiger partial charge in [0.25, 0.3) is 5.91 Å². The lowest BCUT2D eigenvalue weighted by Gasteiger charge is -2.15. The summed E-state index contributed by atoms with van der Waals surface area (Å²) in [6, 6.07) is 8.70. The Labute approximate surface area is 120 Å². The quantitative estimate of drug-likeness (QED) is 0.803. The summed E-state index contributed by atoms with van der Waals surface area (Å²) in [5.74, 6) is 0.713. The van der Waals surface area contributed by atoms with Crippen LogP contribution in [0.4, 0.5) is 0 Å². The number of carbonyl (C=O) groups is 1. The fourth-order valence-electron chi connectivity index (χ4n) is 1.85. The third kappa shape index (κ3) is 4.85. The molecule has 110 valence electrons. The van der Waals surface area contributed by atoms with Gasteiger partial charge in [0.2, 0.25) is 0 Å². The second-order valence-electron chi connectivity index (χ2n) is 5.73. The van der Waals surface area contributed by atoms with Crippen molar-refractivity contribution in [3.63, 3.8) is 0 Å². The van der Waals surface area contributed by atoms with E-state index in [4.69, 9.17) is 4.74 Å². The van der Waals surface area contributed by atoms with E-state index in [0.29, 0.717) is 12.1 Å². The summed E-state index contributed by atoms with van der Waals surface area (Å²) in [5, 5.41) is 6.32. The molecule has 1 amide bonds. The van der Waals surface area contributed by atoms with E-state index in [1.807, 2.05) is 18.2 Å². The highest BCUT2D eigenvalue weighted by Gasteiger charge is 2.26. The van der Waals surface area contributed by atoms with Crippen LogP contribution in [0.3, 0.4) is 0 Å². The number of nitrogens with one attached hydrogen (secondary N) is 2. The lowest BCUT2D eigenvalue weighted by Crippen LogP contribution is -2.37. The first-order valence-electron chi connectivity index (χ1n) is 7.34. The Morgan fingerprint density at radius 1 is 1.35 bits per heavy atom. The largest absolute Gasteiger partial charge is 0.481 e. The number of hydrogen-bond donors (Lipinski definition) is 2. The molecule has 0 aliphatic heterocycles. The van der Waals surface area contributed by atoms with Crippen LogP contribution in [0.5, 0.6) is 5.75 Å². The Bertz CT molecular complexity index is 456. The van der Waals surface area contributed by atoms with Crippen LogP contribution in [0, 0.1) is 0 Å². The molecule has 0 radical (unpaired) electrons. The van der Waals surface area contributed by atoms with Crippen molar-refractivity contribution in [3.8, 4) is 5.75 Å². The van der Waals surface area contributed by atoms with Gasteiger partial charge in [-0.3, -0.25) is 4.79 Å². The Morgan fingerprint density at radius 2 is 2.10 bits per heavy atom. The molecule has 0 heterocycles. The van der Waals surface area contributed by atoms with Crippen molar-refractivity contribution in [1.82, 2.24) is 10.6 Å². The number of hydrogen-bond acceptors (Lipinski definition) is 3. The summed E-state index contributed by atoms with van der Waals surface area (Å²) >= 11 is 0. The minimum Gasteiger partial charge on any atom is -0.481 e. The van der Waals surface area contributed by atoms with E-state index in [1.165, 1.54) is 0 Å². The molecule has 1 aromatic carbocycles. The lowest BCUT2D eigenvalue weighted by molar-refractivity contribution is -0.127. The summed E-state index contributed by atoms with van der Waals surface area (Å²) in [4.78, 5) is 11.8. The lowest BCUT2D eigenvalue weighted by atomic mass is 10.2. The van der Waals surface area contributed by atoms with Gasteiger partial charge in [-0.15, -0.1) is 0 Å². The van der Waals surface area contributed by atoms with Crippen molar-refractivity contribution in [2.24, 2.45) is 0 Å². The van der Waals surface area contributed by atoms with Crippen molar-refractivity contribution in [3.05, 3.63) is 29.8 Å². The molecule has 4 nitrogen and oxygen atoms in total. The monoisotopic (exact) mass is 276 g/mol. The summed E-state index contributed by atoms with van der Waals surface area (Å²) in [6.45, 7) is 6.82. The number of rotatable bonds is 7. The predicted octanol–water partition coefficient (Wildman–Crippen LogP) is 2.23. The standard InChI is InChI=1S/C16H24N2O2/c1-11(2)17-10-13-5-4-6-15(9-13)20-12(3)16(19)18-14-7-8-14/h4-6,9,11-12,14,17H,7-8,10H2,1-3H3,(H,18,19). The van der Waals surface area contributed by atoms with Gasteiger partial charge >= 0.3 is 0 Å². The zero-order valence-electron chi connectivity index (χ0n) is 12.5. The van der Waals surface area contributed by atoms with Gasteiger partial charge in [-0.25, -0.2) is 0 Å². The highest BCUT2D eigenvalue weighted by molar-refractivity contribution is 5.81. The molecule has 4 heteroatoms. The third-order valence-corrected chi connectivity index (χ3v) is 3.22. The van der Waals surface area contributed by atoms with E-state index in [2.05, 4.69) is 30.5 Å². The van der Waals surface area contributed by atoms with Crippen LogP contribution in [-0.2, 0) is 11.3 Å². The van der Waals surface area contributed by atoms with E-state index in [1.54, 1.807) is 6.92 Å². The number of benzene rings is 1. The zero-order valence-corrected chi connectivity index (χ0v) is 12.5. The molecule has 1 atom stereocenters. The van der Waals surface area contributed by atoms with Crippen molar-refractivity contribution >= 4 is 5.91 Å². The third-order valence-electron chi connectivity index (χ3n) is 3.22. The fraction of sp³-hybridized carbons (Fsp3) is 0.562. The molecule has 0 saturated heterocycles. The molecule has 1 unspecified atom stereocenters. The van der Waals surface area contributed by atoms with Gasteiger partial charge in [0.05, 0.1) is 0 Å². The van der Waals surface area contributed by atoms with Gasteiger partial charge in [-0.2, -0.15) is 0 Å². The van der Waals surface area contributed by atoms with Gasteiger partial charge < -0.3 is 15.4 Å². The molecular formula is C16H24N2O2. The smallest absolute Gasteiger partial charge is 0.260 e. The van der Waals surface area contributed by atoms with Crippen molar-refractivity contribution in [1.29, 1.82) is 0 Å². The minimum atomic E-state index is -0.455. The molecule has 0 spiro atoms. The highest BCUT2D eigenvalue weighted by Crippen LogP contribution is 2.19. The van der Waals surface area contributed by atoms with Crippen LogP contribution >= 0.6 is 0 Å². The maximum Gasteiger partial charge on any atom is 0.260 e.